The first-order chi connectivity index (χ1) is 18.4. The van der Waals surface area contributed by atoms with Crippen molar-refractivity contribution in [3.63, 3.8) is 0 Å². The highest BCUT2D eigenvalue weighted by Crippen LogP contribution is 2.32. The summed E-state index contributed by atoms with van der Waals surface area (Å²) >= 11 is 6.15. The van der Waals surface area contributed by atoms with Crippen molar-refractivity contribution in [2.75, 3.05) is 31.1 Å². The van der Waals surface area contributed by atoms with E-state index in [0.717, 1.165) is 31.1 Å². The van der Waals surface area contributed by atoms with E-state index in [1.54, 1.807) is 48.7 Å². The second kappa shape index (κ2) is 10.1. The smallest absolute Gasteiger partial charge is 0.316 e. The third kappa shape index (κ3) is 4.68. The van der Waals surface area contributed by atoms with Crippen LogP contribution in [0.4, 0.5) is 5.69 Å². The van der Waals surface area contributed by atoms with Crippen LogP contribution in [-0.2, 0) is 10.0 Å². The number of benzene rings is 2. The molecule has 38 heavy (non-hydrogen) atoms. The van der Waals surface area contributed by atoms with Crippen LogP contribution in [0.15, 0.2) is 75.1 Å². The van der Waals surface area contributed by atoms with Crippen LogP contribution >= 0.6 is 11.6 Å². The van der Waals surface area contributed by atoms with E-state index in [0.29, 0.717) is 35.1 Å². The van der Waals surface area contributed by atoms with Crippen molar-refractivity contribution in [1.82, 2.24) is 14.1 Å². The van der Waals surface area contributed by atoms with Gasteiger partial charge in [-0.15, -0.1) is 0 Å². The quantitative estimate of drug-likeness (QED) is 0.347. The Balaban J connectivity index is 1.27. The van der Waals surface area contributed by atoms with Crippen molar-refractivity contribution >= 4 is 38.3 Å². The number of hydrogen-bond acceptors (Lipinski definition) is 7. The third-order valence-corrected chi connectivity index (χ3v) is 9.12. The van der Waals surface area contributed by atoms with Crippen molar-refractivity contribution < 1.29 is 17.6 Å². The monoisotopic (exact) mass is 554 g/mol. The molecule has 1 saturated carbocycles. The average molecular weight is 555 g/mol. The molecular weight excluding hydrogens is 528 g/mol. The molecule has 0 atom stereocenters. The first-order valence-corrected chi connectivity index (χ1v) is 14.5. The maximum Gasteiger partial charge on any atom is 0.316 e. The van der Waals surface area contributed by atoms with Crippen molar-refractivity contribution in [1.29, 1.82) is 0 Å². The Kier molecular flexibility index (Phi) is 6.63. The van der Waals surface area contributed by atoms with E-state index in [9.17, 15) is 13.2 Å². The summed E-state index contributed by atoms with van der Waals surface area (Å²) in [6, 6.07) is 15.7. The molecule has 0 bridgehead atoms. The lowest BCUT2D eigenvalue weighted by molar-refractivity contribution is 0.205. The maximum atomic E-state index is 13.6. The summed E-state index contributed by atoms with van der Waals surface area (Å²) in [5.41, 5.74) is 1.28. The third-order valence-electron chi connectivity index (χ3n) is 7.13. The van der Waals surface area contributed by atoms with Crippen molar-refractivity contribution in [3.05, 3.63) is 76.2 Å². The number of anilines is 1. The summed E-state index contributed by atoms with van der Waals surface area (Å²) < 4.78 is 41.2. The molecule has 2 aromatic heterocycles. The highest BCUT2D eigenvalue weighted by Gasteiger charge is 2.33. The SMILES string of the molecule is O=c1c(OC2CCCC2)c(N2CCN(S(=O)(=O)c3cc4ccccc4o3)CC2)cnn1-c1cccc(Cl)c1. The summed E-state index contributed by atoms with van der Waals surface area (Å²) in [7, 11) is -3.80. The molecule has 1 saturated heterocycles. The second-order valence-corrected chi connectivity index (χ2v) is 11.9. The molecule has 198 valence electrons. The highest BCUT2D eigenvalue weighted by atomic mass is 35.5. The molecule has 1 aliphatic carbocycles. The number of ether oxygens (including phenoxy) is 1. The van der Waals surface area contributed by atoms with Crippen LogP contribution in [0.25, 0.3) is 16.7 Å². The Morgan fingerprint density at radius 2 is 1.74 bits per heavy atom. The molecule has 9 nitrogen and oxygen atoms in total. The standard InChI is InChI=1S/C27H27ClN4O5S/c28-20-7-5-8-21(17-20)32-27(33)26(36-22-9-2-3-10-22)23(18-29-32)30-12-14-31(15-13-30)38(34,35)25-16-19-6-1-4-11-24(19)37-25/h1,4-8,11,16-18,22H,2-3,9-10,12-15H2. The molecule has 0 spiro atoms. The van der Waals surface area contributed by atoms with Crippen LogP contribution in [-0.4, -0.2) is 54.8 Å². The Morgan fingerprint density at radius 3 is 2.47 bits per heavy atom. The van der Waals surface area contributed by atoms with Gasteiger partial charge in [-0.05, 0) is 49.9 Å². The van der Waals surface area contributed by atoms with E-state index >= 15 is 0 Å². The van der Waals surface area contributed by atoms with Crippen LogP contribution in [0.5, 0.6) is 5.75 Å². The average Bonchev–Trinajstić information content (AvgIpc) is 3.60. The Labute approximate surface area is 225 Å². The summed E-state index contributed by atoms with van der Waals surface area (Å²) in [5, 5.41) is 5.59. The van der Waals surface area contributed by atoms with Gasteiger partial charge in [-0.2, -0.15) is 14.1 Å². The molecule has 2 aliphatic rings. The fourth-order valence-corrected chi connectivity index (χ4v) is 6.67. The van der Waals surface area contributed by atoms with Gasteiger partial charge >= 0.3 is 5.56 Å². The Hall–Kier alpha value is -3.34. The van der Waals surface area contributed by atoms with Crippen molar-refractivity contribution in [3.8, 4) is 11.4 Å². The number of piperazine rings is 1. The largest absolute Gasteiger partial charge is 0.483 e. The minimum Gasteiger partial charge on any atom is -0.483 e. The number of nitrogens with zero attached hydrogens (tertiary/aromatic N) is 4. The van der Waals surface area contributed by atoms with Crippen LogP contribution in [0.2, 0.25) is 5.02 Å². The number of aromatic nitrogens is 2. The molecule has 1 aliphatic heterocycles. The van der Waals surface area contributed by atoms with Gasteiger partial charge in [0.2, 0.25) is 10.8 Å². The first kappa shape index (κ1) is 25.0. The zero-order valence-electron chi connectivity index (χ0n) is 20.6. The van der Waals surface area contributed by atoms with E-state index in [-0.39, 0.29) is 35.6 Å². The minimum absolute atomic E-state index is 0.0357. The molecule has 2 aromatic carbocycles. The highest BCUT2D eigenvalue weighted by molar-refractivity contribution is 7.89. The first-order valence-electron chi connectivity index (χ1n) is 12.7. The molecule has 6 rings (SSSR count). The van der Waals surface area contributed by atoms with Crippen LogP contribution in [0.3, 0.4) is 0 Å². The molecule has 3 heterocycles. The molecule has 11 heteroatoms. The van der Waals surface area contributed by atoms with Gasteiger partial charge in [0.15, 0.2) is 0 Å². The summed E-state index contributed by atoms with van der Waals surface area (Å²) in [4.78, 5) is 15.6. The lowest BCUT2D eigenvalue weighted by Gasteiger charge is -2.35. The number of sulfonamides is 1. The molecule has 2 fully saturated rings. The van der Waals surface area contributed by atoms with E-state index < -0.39 is 10.0 Å². The van der Waals surface area contributed by atoms with Crippen molar-refractivity contribution in [2.24, 2.45) is 0 Å². The molecule has 0 unspecified atom stereocenters. The fourth-order valence-electron chi connectivity index (χ4n) is 5.11. The van der Waals surface area contributed by atoms with E-state index in [1.165, 1.54) is 8.99 Å². The number of furan rings is 1. The van der Waals surface area contributed by atoms with Crippen LogP contribution in [0, 0.1) is 0 Å². The fraction of sp³-hybridized carbons (Fsp3) is 0.333. The van der Waals surface area contributed by atoms with Gasteiger partial charge in [0.05, 0.1) is 18.0 Å². The lowest BCUT2D eigenvalue weighted by Crippen LogP contribution is -2.49. The molecule has 4 aromatic rings. The van der Waals surface area contributed by atoms with Gasteiger partial charge in [0.25, 0.3) is 10.0 Å². The van der Waals surface area contributed by atoms with Gasteiger partial charge in [-0.25, -0.2) is 8.42 Å². The molecule has 0 amide bonds. The van der Waals surface area contributed by atoms with Gasteiger partial charge in [0.1, 0.15) is 11.3 Å². The van der Waals surface area contributed by atoms with Gasteiger partial charge in [-0.1, -0.05) is 35.9 Å². The number of hydrogen-bond donors (Lipinski definition) is 0. The number of halogens is 1. The summed E-state index contributed by atoms with van der Waals surface area (Å²) in [6.45, 7) is 1.23. The molecular formula is C27H27ClN4O5S. The predicted octanol–water partition coefficient (Wildman–Crippen LogP) is 4.46. The van der Waals surface area contributed by atoms with Crippen LogP contribution in [0.1, 0.15) is 25.7 Å². The normalized spacial score (nSPS) is 17.3. The minimum atomic E-state index is -3.80. The Bertz CT molecular complexity index is 1600. The summed E-state index contributed by atoms with van der Waals surface area (Å²) in [6.07, 6.45) is 5.49. The van der Waals surface area contributed by atoms with E-state index in [1.807, 2.05) is 17.0 Å². The predicted molar refractivity (Wildman–Crippen MR) is 145 cm³/mol. The lowest BCUT2D eigenvalue weighted by atomic mass is 10.2. The Morgan fingerprint density at radius 1 is 0.974 bits per heavy atom. The summed E-state index contributed by atoms with van der Waals surface area (Å²) in [5.74, 6) is 0.237. The van der Waals surface area contributed by atoms with Gasteiger partial charge in [-0.3, -0.25) is 4.79 Å². The zero-order chi connectivity index (χ0) is 26.3. The molecule has 0 N–H and O–H groups in total. The topological polar surface area (TPSA) is 97.9 Å². The second-order valence-electron chi connectivity index (χ2n) is 9.57. The van der Waals surface area contributed by atoms with E-state index in [4.69, 9.17) is 20.8 Å². The van der Waals surface area contributed by atoms with Gasteiger partial charge in [0, 0.05) is 42.7 Å². The molecule has 0 radical (unpaired) electrons. The maximum absolute atomic E-state index is 13.6. The number of para-hydroxylation sites is 1. The zero-order valence-corrected chi connectivity index (χ0v) is 22.2. The van der Waals surface area contributed by atoms with Crippen molar-refractivity contribution in [2.45, 2.75) is 36.9 Å². The van der Waals surface area contributed by atoms with Gasteiger partial charge < -0.3 is 14.1 Å². The number of rotatable bonds is 6. The van der Waals surface area contributed by atoms with E-state index in [2.05, 4.69) is 5.10 Å². The van der Waals surface area contributed by atoms with Crippen LogP contribution < -0.4 is 15.2 Å². The number of fused-ring (bicyclic) bond motifs is 1.